The second-order valence-corrected chi connectivity index (χ2v) is 2.05. The van der Waals surface area contributed by atoms with Gasteiger partial charge in [-0.15, -0.1) is 0 Å². The molecule has 11 heavy (non-hydrogen) atoms. The number of rotatable bonds is 6. The predicted octanol–water partition coefficient (Wildman–Crippen LogP) is -0.980. The molecule has 0 aliphatic rings. The lowest BCUT2D eigenvalue weighted by Gasteiger charge is -2.02. The van der Waals surface area contributed by atoms with Crippen LogP contribution in [0.4, 0.5) is 4.79 Å². The third-order valence-electron chi connectivity index (χ3n) is 1.03. The Hall–Kier alpha value is -0.810. The van der Waals surface area contributed by atoms with Gasteiger partial charge in [-0.25, -0.2) is 4.79 Å². The van der Waals surface area contributed by atoms with Gasteiger partial charge in [0.2, 0.25) is 0 Å². The van der Waals surface area contributed by atoms with Crippen LogP contribution in [0.3, 0.4) is 0 Å². The number of nitrogens with two attached hydrogens (primary N) is 2. The molecule has 0 spiro atoms. The molecule has 0 saturated carbocycles. The van der Waals surface area contributed by atoms with Crippen LogP contribution in [0.2, 0.25) is 0 Å². The standard InChI is InChI=1S/C6H15N3O2/c7-2-5-11-4-1-3-9-6(8)10/h1-5,7H2,(H3,8,9,10). The van der Waals surface area contributed by atoms with Gasteiger partial charge in [-0.2, -0.15) is 0 Å². The molecule has 0 rings (SSSR count). The van der Waals surface area contributed by atoms with Gasteiger partial charge in [0.05, 0.1) is 6.61 Å². The summed E-state index contributed by atoms with van der Waals surface area (Å²) < 4.78 is 5.05. The number of amides is 2. The molecule has 5 N–H and O–H groups in total. The van der Waals surface area contributed by atoms with Crippen molar-refractivity contribution in [1.82, 2.24) is 5.32 Å². The van der Waals surface area contributed by atoms with Crippen molar-refractivity contribution in [3.8, 4) is 0 Å². The van der Waals surface area contributed by atoms with Crippen LogP contribution in [0.1, 0.15) is 6.42 Å². The van der Waals surface area contributed by atoms with Crippen LogP contribution >= 0.6 is 0 Å². The Labute approximate surface area is 66.1 Å². The second-order valence-electron chi connectivity index (χ2n) is 2.05. The topological polar surface area (TPSA) is 90.4 Å². The van der Waals surface area contributed by atoms with Gasteiger partial charge in [0.1, 0.15) is 0 Å². The average Bonchev–Trinajstić information content (AvgIpc) is 1.96. The minimum Gasteiger partial charge on any atom is -0.380 e. The van der Waals surface area contributed by atoms with E-state index in [-0.39, 0.29) is 0 Å². The van der Waals surface area contributed by atoms with E-state index in [1.807, 2.05) is 0 Å². The largest absolute Gasteiger partial charge is 0.380 e. The maximum absolute atomic E-state index is 10.1. The van der Waals surface area contributed by atoms with E-state index in [9.17, 15) is 4.79 Å². The van der Waals surface area contributed by atoms with Gasteiger partial charge in [0, 0.05) is 19.7 Å². The van der Waals surface area contributed by atoms with Crippen molar-refractivity contribution in [2.45, 2.75) is 6.42 Å². The van der Waals surface area contributed by atoms with Gasteiger partial charge in [0.15, 0.2) is 0 Å². The first-order valence-electron chi connectivity index (χ1n) is 3.58. The first-order chi connectivity index (χ1) is 5.27. The zero-order valence-corrected chi connectivity index (χ0v) is 6.51. The lowest BCUT2D eigenvalue weighted by Crippen LogP contribution is -2.30. The van der Waals surface area contributed by atoms with Crippen molar-refractivity contribution in [3.05, 3.63) is 0 Å². The molecule has 66 valence electrons. The molecule has 0 aromatic heterocycles. The van der Waals surface area contributed by atoms with E-state index in [0.717, 1.165) is 6.42 Å². The summed E-state index contributed by atoms with van der Waals surface area (Å²) in [6, 6.07) is -0.496. The number of carbonyl (C=O) groups excluding carboxylic acids is 1. The molecule has 0 aliphatic heterocycles. The summed E-state index contributed by atoms with van der Waals surface area (Å²) in [4.78, 5) is 10.1. The molecule has 0 atom stereocenters. The van der Waals surface area contributed by atoms with Crippen LogP contribution in [-0.2, 0) is 4.74 Å². The van der Waals surface area contributed by atoms with Crippen molar-refractivity contribution in [1.29, 1.82) is 0 Å². The van der Waals surface area contributed by atoms with Crippen molar-refractivity contribution in [2.75, 3.05) is 26.3 Å². The van der Waals surface area contributed by atoms with E-state index in [2.05, 4.69) is 5.32 Å². The predicted molar refractivity (Wildman–Crippen MR) is 42.1 cm³/mol. The molecule has 0 aromatic carbocycles. The molecule has 2 amide bonds. The van der Waals surface area contributed by atoms with Crippen molar-refractivity contribution in [3.63, 3.8) is 0 Å². The lowest BCUT2D eigenvalue weighted by atomic mass is 10.4. The first-order valence-corrected chi connectivity index (χ1v) is 3.58. The summed E-state index contributed by atoms with van der Waals surface area (Å²) in [6.07, 6.45) is 0.767. The monoisotopic (exact) mass is 161 g/mol. The minimum absolute atomic E-state index is 0.496. The smallest absolute Gasteiger partial charge is 0.312 e. The molecule has 0 unspecified atom stereocenters. The third kappa shape index (κ3) is 9.19. The Balaban J connectivity index is 2.85. The minimum atomic E-state index is -0.496. The van der Waals surface area contributed by atoms with Gasteiger partial charge in [-0.3, -0.25) is 0 Å². The van der Waals surface area contributed by atoms with Gasteiger partial charge in [-0.1, -0.05) is 0 Å². The van der Waals surface area contributed by atoms with Crippen LogP contribution < -0.4 is 16.8 Å². The molecule has 0 aromatic rings. The van der Waals surface area contributed by atoms with Crippen LogP contribution in [0.15, 0.2) is 0 Å². The van der Waals surface area contributed by atoms with Crippen LogP contribution in [0, 0.1) is 0 Å². The van der Waals surface area contributed by atoms with E-state index in [4.69, 9.17) is 16.2 Å². The number of ether oxygens (including phenoxy) is 1. The summed E-state index contributed by atoms with van der Waals surface area (Å²) in [5.41, 5.74) is 10.00. The number of carbonyl (C=O) groups is 1. The van der Waals surface area contributed by atoms with Crippen LogP contribution in [0.25, 0.3) is 0 Å². The molecule has 0 saturated heterocycles. The van der Waals surface area contributed by atoms with Crippen molar-refractivity contribution in [2.24, 2.45) is 11.5 Å². The molecule has 0 radical (unpaired) electrons. The highest BCUT2D eigenvalue weighted by Gasteiger charge is 1.90. The Morgan fingerprint density at radius 2 is 2.18 bits per heavy atom. The van der Waals surface area contributed by atoms with Crippen LogP contribution in [-0.4, -0.2) is 32.3 Å². The summed E-state index contributed by atoms with van der Waals surface area (Å²) in [6.45, 7) is 2.26. The zero-order valence-electron chi connectivity index (χ0n) is 6.51. The maximum Gasteiger partial charge on any atom is 0.312 e. The SMILES string of the molecule is NCCOCCCNC(N)=O. The number of primary amides is 1. The molecule has 0 fully saturated rings. The molecule has 0 aliphatic carbocycles. The van der Waals surface area contributed by atoms with E-state index >= 15 is 0 Å². The summed E-state index contributed by atoms with van der Waals surface area (Å²) in [5.74, 6) is 0. The number of hydrogen-bond donors (Lipinski definition) is 3. The second kappa shape index (κ2) is 7.30. The Morgan fingerprint density at radius 3 is 2.73 bits per heavy atom. The fourth-order valence-electron chi connectivity index (χ4n) is 0.571. The first kappa shape index (κ1) is 10.2. The normalized spacial score (nSPS) is 9.55. The highest BCUT2D eigenvalue weighted by molar-refractivity contribution is 5.71. The molecule has 5 heteroatoms. The summed E-state index contributed by atoms with van der Waals surface area (Å²) in [5, 5.41) is 2.45. The number of urea groups is 1. The number of nitrogens with one attached hydrogen (secondary N) is 1. The lowest BCUT2D eigenvalue weighted by molar-refractivity contribution is 0.139. The van der Waals surface area contributed by atoms with E-state index in [1.54, 1.807) is 0 Å². The zero-order chi connectivity index (χ0) is 8.53. The highest BCUT2D eigenvalue weighted by atomic mass is 16.5. The van der Waals surface area contributed by atoms with E-state index in [0.29, 0.717) is 26.3 Å². The average molecular weight is 161 g/mol. The van der Waals surface area contributed by atoms with Gasteiger partial charge in [0.25, 0.3) is 0 Å². The van der Waals surface area contributed by atoms with Gasteiger partial charge >= 0.3 is 6.03 Å². The molecule has 0 heterocycles. The molecule has 5 nitrogen and oxygen atoms in total. The summed E-state index contributed by atoms with van der Waals surface area (Å²) in [7, 11) is 0. The highest BCUT2D eigenvalue weighted by Crippen LogP contribution is 1.78. The van der Waals surface area contributed by atoms with Crippen molar-refractivity contribution >= 4 is 6.03 Å². The fraction of sp³-hybridized carbons (Fsp3) is 0.833. The fourth-order valence-corrected chi connectivity index (χ4v) is 0.571. The van der Waals surface area contributed by atoms with Gasteiger partial charge < -0.3 is 21.5 Å². The number of hydrogen-bond acceptors (Lipinski definition) is 3. The molecular formula is C6H15N3O2. The quantitative estimate of drug-likeness (QED) is 0.437. The summed E-state index contributed by atoms with van der Waals surface area (Å²) >= 11 is 0. The Kier molecular flexibility index (Phi) is 6.76. The Bertz CT molecular complexity index is 108. The molecule has 0 bridgehead atoms. The molecular weight excluding hydrogens is 146 g/mol. The van der Waals surface area contributed by atoms with Crippen molar-refractivity contribution < 1.29 is 9.53 Å². The van der Waals surface area contributed by atoms with Crippen LogP contribution in [0.5, 0.6) is 0 Å². The Morgan fingerprint density at radius 1 is 1.45 bits per heavy atom. The third-order valence-corrected chi connectivity index (χ3v) is 1.03. The van der Waals surface area contributed by atoms with Gasteiger partial charge in [-0.05, 0) is 6.42 Å². The van der Waals surface area contributed by atoms with E-state index in [1.165, 1.54) is 0 Å². The maximum atomic E-state index is 10.1. The van der Waals surface area contributed by atoms with E-state index < -0.39 is 6.03 Å².